The first kappa shape index (κ1) is 11.7. The standard InChI is InChI=1S/C12H11N3O4/c1-5-7-3-2-6(4-8(7)19-15-5)12-14-11(17)9(18-12)10(13)16/h2-4,9,12H,1H3,(H2,13,16)(H,14,17). The smallest absolute Gasteiger partial charge is 0.261 e. The van der Waals surface area contributed by atoms with E-state index in [0.717, 1.165) is 11.1 Å². The Bertz CT molecular complexity index is 679. The molecule has 98 valence electrons. The highest BCUT2D eigenvalue weighted by Gasteiger charge is 2.37. The average Bonchev–Trinajstić information content (AvgIpc) is 2.93. The molecule has 0 aliphatic carbocycles. The van der Waals surface area contributed by atoms with Gasteiger partial charge in [-0.05, 0) is 19.1 Å². The highest BCUT2D eigenvalue weighted by molar-refractivity contribution is 6.03. The summed E-state index contributed by atoms with van der Waals surface area (Å²) in [5.41, 5.74) is 7.11. The van der Waals surface area contributed by atoms with Crippen LogP contribution in [-0.4, -0.2) is 23.1 Å². The van der Waals surface area contributed by atoms with Crippen LogP contribution >= 0.6 is 0 Å². The number of nitrogens with one attached hydrogen (secondary N) is 1. The number of ether oxygens (including phenoxy) is 1. The molecule has 2 heterocycles. The summed E-state index contributed by atoms with van der Waals surface area (Å²) in [5, 5.41) is 7.28. The van der Waals surface area contributed by atoms with Crippen LogP contribution in [0.25, 0.3) is 11.0 Å². The van der Waals surface area contributed by atoms with Gasteiger partial charge >= 0.3 is 0 Å². The Morgan fingerprint density at radius 3 is 2.95 bits per heavy atom. The number of rotatable bonds is 2. The molecule has 7 nitrogen and oxygen atoms in total. The van der Waals surface area contributed by atoms with Gasteiger partial charge in [0.2, 0.25) is 6.10 Å². The van der Waals surface area contributed by atoms with Crippen molar-refractivity contribution in [2.45, 2.75) is 19.3 Å². The molecule has 2 atom stereocenters. The van der Waals surface area contributed by atoms with E-state index >= 15 is 0 Å². The van der Waals surface area contributed by atoms with Crippen molar-refractivity contribution >= 4 is 22.8 Å². The Morgan fingerprint density at radius 1 is 1.47 bits per heavy atom. The van der Waals surface area contributed by atoms with Gasteiger partial charge in [0.05, 0.1) is 5.69 Å². The maximum absolute atomic E-state index is 11.5. The number of nitrogens with two attached hydrogens (primary N) is 1. The first-order valence-electron chi connectivity index (χ1n) is 5.67. The molecular formula is C12H11N3O4. The number of benzene rings is 1. The van der Waals surface area contributed by atoms with E-state index < -0.39 is 24.1 Å². The van der Waals surface area contributed by atoms with Crippen molar-refractivity contribution in [3.63, 3.8) is 0 Å². The Labute approximate surface area is 107 Å². The lowest BCUT2D eigenvalue weighted by Gasteiger charge is -2.09. The van der Waals surface area contributed by atoms with Gasteiger partial charge in [-0.25, -0.2) is 0 Å². The molecule has 3 N–H and O–H groups in total. The van der Waals surface area contributed by atoms with E-state index in [1.54, 1.807) is 12.1 Å². The molecule has 1 saturated heterocycles. The number of carbonyl (C=O) groups is 2. The van der Waals surface area contributed by atoms with Gasteiger partial charge in [-0.2, -0.15) is 0 Å². The van der Waals surface area contributed by atoms with Gasteiger partial charge in [0, 0.05) is 10.9 Å². The lowest BCUT2D eigenvalue weighted by atomic mass is 10.1. The van der Waals surface area contributed by atoms with E-state index in [1.165, 1.54) is 0 Å². The van der Waals surface area contributed by atoms with E-state index in [2.05, 4.69) is 10.5 Å². The lowest BCUT2D eigenvalue weighted by molar-refractivity contribution is -0.136. The number of fused-ring (bicyclic) bond motifs is 1. The van der Waals surface area contributed by atoms with E-state index in [4.69, 9.17) is 15.0 Å². The molecule has 19 heavy (non-hydrogen) atoms. The summed E-state index contributed by atoms with van der Waals surface area (Å²) in [4.78, 5) is 22.5. The molecule has 2 amide bonds. The Balaban J connectivity index is 1.93. The quantitative estimate of drug-likeness (QED) is 0.747. The molecule has 0 saturated carbocycles. The minimum atomic E-state index is -1.25. The van der Waals surface area contributed by atoms with Crippen LogP contribution < -0.4 is 11.1 Å². The fourth-order valence-corrected chi connectivity index (χ4v) is 2.04. The first-order chi connectivity index (χ1) is 9.06. The van der Waals surface area contributed by atoms with Crippen LogP contribution in [0.2, 0.25) is 0 Å². The molecular weight excluding hydrogens is 250 g/mol. The zero-order valence-electron chi connectivity index (χ0n) is 10.0. The van der Waals surface area contributed by atoms with Crippen LogP contribution in [-0.2, 0) is 14.3 Å². The summed E-state index contributed by atoms with van der Waals surface area (Å²) in [6.07, 6.45) is -1.96. The second-order valence-corrected chi connectivity index (χ2v) is 4.33. The maximum Gasteiger partial charge on any atom is 0.261 e. The fourth-order valence-electron chi connectivity index (χ4n) is 2.04. The van der Waals surface area contributed by atoms with Crippen LogP contribution in [0.15, 0.2) is 22.7 Å². The molecule has 3 rings (SSSR count). The summed E-state index contributed by atoms with van der Waals surface area (Å²) < 4.78 is 10.4. The second kappa shape index (κ2) is 4.06. The van der Waals surface area contributed by atoms with Gasteiger partial charge in [0.15, 0.2) is 11.8 Å². The molecule has 0 radical (unpaired) electrons. The van der Waals surface area contributed by atoms with Gasteiger partial charge in [-0.3, -0.25) is 9.59 Å². The third-order valence-corrected chi connectivity index (χ3v) is 3.02. The van der Waals surface area contributed by atoms with Crippen LogP contribution in [0, 0.1) is 6.92 Å². The summed E-state index contributed by atoms with van der Waals surface area (Å²) >= 11 is 0. The molecule has 1 aliphatic rings. The summed E-state index contributed by atoms with van der Waals surface area (Å²) in [6, 6.07) is 5.31. The second-order valence-electron chi connectivity index (χ2n) is 4.33. The largest absolute Gasteiger partial charge is 0.367 e. The maximum atomic E-state index is 11.5. The highest BCUT2D eigenvalue weighted by atomic mass is 16.5. The fraction of sp³-hybridized carbons (Fsp3) is 0.250. The minimum Gasteiger partial charge on any atom is -0.367 e. The van der Waals surface area contributed by atoms with Gasteiger partial charge in [-0.15, -0.1) is 0 Å². The normalized spacial score (nSPS) is 22.7. The lowest BCUT2D eigenvalue weighted by Crippen LogP contribution is -2.36. The molecule has 0 bridgehead atoms. The van der Waals surface area contributed by atoms with Gasteiger partial charge in [-0.1, -0.05) is 11.2 Å². The highest BCUT2D eigenvalue weighted by Crippen LogP contribution is 2.26. The molecule has 2 aromatic rings. The van der Waals surface area contributed by atoms with Crippen molar-refractivity contribution in [1.29, 1.82) is 0 Å². The SMILES string of the molecule is Cc1noc2cc(C3NC(=O)C(C(N)=O)O3)ccc12. The third-order valence-electron chi connectivity index (χ3n) is 3.02. The predicted octanol–water partition coefficient (Wildman–Crippen LogP) is 0.135. The zero-order valence-corrected chi connectivity index (χ0v) is 10.0. The van der Waals surface area contributed by atoms with E-state index in [1.807, 2.05) is 13.0 Å². The zero-order chi connectivity index (χ0) is 13.6. The van der Waals surface area contributed by atoms with E-state index in [-0.39, 0.29) is 0 Å². The van der Waals surface area contributed by atoms with Crippen molar-refractivity contribution in [3.05, 3.63) is 29.5 Å². The number of hydrogen-bond acceptors (Lipinski definition) is 5. The van der Waals surface area contributed by atoms with E-state index in [0.29, 0.717) is 11.1 Å². The molecule has 7 heteroatoms. The Hall–Kier alpha value is -2.41. The van der Waals surface area contributed by atoms with Crippen molar-refractivity contribution in [1.82, 2.24) is 10.5 Å². The monoisotopic (exact) mass is 261 g/mol. The number of nitrogens with zero attached hydrogens (tertiary/aromatic N) is 1. The molecule has 1 aromatic heterocycles. The minimum absolute atomic E-state index is 0.536. The van der Waals surface area contributed by atoms with Gasteiger partial charge in [0.25, 0.3) is 11.8 Å². The number of amides is 2. The van der Waals surface area contributed by atoms with E-state index in [9.17, 15) is 9.59 Å². The van der Waals surface area contributed by atoms with Crippen molar-refractivity contribution in [3.8, 4) is 0 Å². The predicted molar refractivity (Wildman–Crippen MR) is 63.7 cm³/mol. The number of primary amides is 1. The molecule has 1 fully saturated rings. The van der Waals surface area contributed by atoms with Crippen LogP contribution in [0.1, 0.15) is 17.5 Å². The first-order valence-corrected chi connectivity index (χ1v) is 5.67. The number of aryl methyl sites for hydroxylation is 1. The van der Waals surface area contributed by atoms with Crippen molar-refractivity contribution in [2.75, 3.05) is 0 Å². The number of carbonyl (C=O) groups excluding carboxylic acids is 2. The molecule has 1 aromatic carbocycles. The topological polar surface area (TPSA) is 107 Å². The molecule has 0 spiro atoms. The number of aromatic nitrogens is 1. The average molecular weight is 261 g/mol. The van der Waals surface area contributed by atoms with Crippen LogP contribution in [0.4, 0.5) is 0 Å². The summed E-state index contributed by atoms with van der Waals surface area (Å²) in [6.45, 7) is 1.84. The van der Waals surface area contributed by atoms with Crippen LogP contribution in [0.5, 0.6) is 0 Å². The Kier molecular flexibility index (Phi) is 2.49. The Morgan fingerprint density at radius 2 is 2.26 bits per heavy atom. The van der Waals surface area contributed by atoms with Gasteiger partial charge in [0.1, 0.15) is 0 Å². The van der Waals surface area contributed by atoms with Crippen molar-refractivity contribution < 1.29 is 18.8 Å². The summed E-state index contributed by atoms with van der Waals surface area (Å²) in [5.74, 6) is -1.34. The molecule has 2 unspecified atom stereocenters. The number of hydrogen-bond donors (Lipinski definition) is 2. The van der Waals surface area contributed by atoms with Crippen LogP contribution in [0.3, 0.4) is 0 Å². The summed E-state index contributed by atoms with van der Waals surface area (Å²) in [7, 11) is 0. The third kappa shape index (κ3) is 1.84. The molecule has 1 aliphatic heterocycles. The van der Waals surface area contributed by atoms with Crippen molar-refractivity contribution in [2.24, 2.45) is 5.73 Å². The van der Waals surface area contributed by atoms with Gasteiger partial charge < -0.3 is 20.3 Å².